The van der Waals surface area contributed by atoms with E-state index in [1.54, 1.807) is 24.5 Å². The fraction of sp³-hybridized carbons (Fsp3) is 0.222. The molecule has 3 heterocycles. The van der Waals surface area contributed by atoms with Crippen molar-refractivity contribution in [1.82, 2.24) is 15.0 Å². The summed E-state index contributed by atoms with van der Waals surface area (Å²) in [5.41, 5.74) is 8.49. The summed E-state index contributed by atoms with van der Waals surface area (Å²) < 4.78 is 26.0. The number of anilines is 2. The molecule has 1 aliphatic carbocycles. The van der Waals surface area contributed by atoms with Gasteiger partial charge in [0.1, 0.15) is 17.6 Å². The number of nitrogens with zero attached hydrogens (tertiary/aromatic N) is 3. The van der Waals surface area contributed by atoms with Crippen LogP contribution < -0.4 is 11.1 Å². The first-order valence-corrected chi connectivity index (χ1v) is 8.01. The maximum Gasteiger partial charge on any atom is 0.260 e. The molecule has 3 aromatic rings. The molecule has 1 aliphatic rings. The van der Waals surface area contributed by atoms with Gasteiger partial charge in [0.2, 0.25) is 5.91 Å². The molecule has 1 unspecified atom stereocenters. The first-order valence-electron chi connectivity index (χ1n) is 8.01. The molecular weight excluding hydrogens is 340 g/mol. The lowest BCUT2D eigenvalue weighted by molar-refractivity contribution is -0.119. The molecule has 0 saturated heterocycles. The minimum atomic E-state index is -2.92. The molecule has 0 radical (unpaired) electrons. The molecule has 3 aromatic heterocycles. The molecule has 4 rings (SSSR count). The van der Waals surface area contributed by atoms with Crippen molar-refractivity contribution in [3.63, 3.8) is 0 Å². The third-order valence-electron chi connectivity index (χ3n) is 4.45. The summed E-state index contributed by atoms with van der Waals surface area (Å²) in [6.07, 6.45) is 4.43. The van der Waals surface area contributed by atoms with E-state index in [-0.39, 0.29) is 5.82 Å². The van der Waals surface area contributed by atoms with Crippen molar-refractivity contribution in [2.45, 2.75) is 19.3 Å². The number of carbonyl (C=O) groups excluding carboxylic acids is 1. The van der Waals surface area contributed by atoms with Crippen LogP contribution in [0.3, 0.4) is 0 Å². The van der Waals surface area contributed by atoms with E-state index in [1.807, 2.05) is 13.0 Å². The largest absolute Gasteiger partial charge is 0.383 e. The molecule has 0 aliphatic heterocycles. The molecule has 1 fully saturated rings. The van der Waals surface area contributed by atoms with Crippen LogP contribution in [0, 0.1) is 12.8 Å². The van der Waals surface area contributed by atoms with Gasteiger partial charge in [-0.05, 0) is 36.1 Å². The van der Waals surface area contributed by atoms with E-state index < -0.39 is 24.2 Å². The highest BCUT2D eigenvalue weighted by atomic mass is 19.3. The lowest BCUT2D eigenvalue weighted by Gasteiger charge is -2.10. The van der Waals surface area contributed by atoms with Crippen LogP contribution in [0.1, 0.15) is 12.0 Å². The predicted octanol–water partition coefficient (Wildman–Crippen LogP) is 3.18. The molecule has 3 N–H and O–H groups in total. The second kappa shape index (κ2) is 5.69. The number of fused-ring (bicyclic) bond motifs is 1. The summed E-state index contributed by atoms with van der Waals surface area (Å²) in [6.45, 7) is 1.94. The summed E-state index contributed by atoms with van der Waals surface area (Å²) in [7, 11) is 0. The second-order valence-corrected chi connectivity index (χ2v) is 6.38. The summed E-state index contributed by atoms with van der Waals surface area (Å²) in [6, 6.07) is 5.27. The third kappa shape index (κ3) is 2.83. The second-order valence-electron chi connectivity index (χ2n) is 6.38. The molecule has 1 atom stereocenters. The zero-order valence-electron chi connectivity index (χ0n) is 13.8. The molecule has 0 spiro atoms. The van der Waals surface area contributed by atoms with Crippen LogP contribution in [0.15, 0.2) is 36.8 Å². The Hall–Kier alpha value is -3.16. The fourth-order valence-electron chi connectivity index (χ4n) is 2.82. The maximum absolute atomic E-state index is 13.0. The molecule has 0 bridgehead atoms. The van der Waals surface area contributed by atoms with Crippen LogP contribution in [0.4, 0.5) is 20.4 Å². The Morgan fingerprint density at radius 1 is 1.35 bits per heavy atom. The van der Waals surface area contributed by atoms with Crippen molar-refractivity contribution in [2.24, 2.45) is 5.92 Å². The third-order valence-corrected chi connectivity index (χ3v) is 4.45. The van der Waals surface area contributed by atoms with Gasteiger partial charge in [-0.1, -0.05) is 0 Å². The Kier molecular flexibility index (Phi) is 3.57. The summed E-state index contributed by atoms with van der Waals surface area (Å²) in [5.74, 6) is -4.44. The number of carbonyl (C=O) groups is 1. The van der Waals surface area contributed by atoms with E-state index in [0.717, 1.165) is 11.1 Å². The SMILES string of the molecule is Cc1ccncc1-c1cc2cc(NC(=O)C3CC3(F)F)ncc2c(N)n1. The Bertz CT molecular complexity index is 1040. The molecular formula is C18H15F2N5O. The minimum absolute atomic E-state index is 0.199. The van der Waals surface area contributed by atoms with Gasteiger partial charge in [-0.2, -0.15) is 0 Å². The van der Waals surface area contributed by atoms with E-state index in [9.17, 15) is 13.6 Å². The van der Waals surface area contributed by atoms with E-state index in [2.05, 4.69) is 20.3 Å². The lowest BCUT2D eigenvalue weighted by atomic mass is 10.1. The Morgan fingerprint density at radius 3 is 2.81 bits per heavy atom. The monoisotopic (exact) mass is 355 g/mol. The quantitative estimate of drug-likeness (QED) is 0.753. The van der Waals surface area contributed by atoms with Gasteiger partial charge in [0.15, 0.2) is 0 Å². The smallest absolute Gasteiger partial charge is 0.260 e. The van der Waals surface area contributed by atoms with Gasteiger partial charge < -0.3 is 11.1 Å². The molecule has 1 amide bonds. The number of nitrogen functional groups attached to an aromatic ring is 1. The van der Waals surface area contributed by atoms with Gasteiger partial charge in [-0.25, -0.2) is 18.7 Å². The van der Waals surface area contributed by atoms with E-state index >= 15 is 0 Å². The summed E-state index contributed by atoms with van der Waals surface area (Å²) in [4.78, 5) is 24.4. The predicted molar refractivity (Wildman–Crippen MR) is 93.6 cm³/mol. The average molecular weight is 355 g/mol. The zero-order chi connectivity index (χ0) is 18.5. The zero-order valence-corrected chi connectivity index (χ0v) is 13.8. The van der Waals surface area contributed by atoms with Gasteiger partial charge in [0.05, 0.1) is 5.69 Å². The highest BCUT2D eigenvalue weighted by Gasteiger charge is 2.61. The van der Waals surface area contributed by atoms with E-state index in [1.165, 1.54) is 6.20 Å². The number of amides is 1. The van der Waals surface area contributed by atoms with Gasteiger partial charge in [-0.15, -0.1) is 0 Å². The van der Waals surface area contributed by atoms with Crippen LogP contribution in [-0.4, -0.2) is 26.8 Å². The first-order chi connectivity index (χ1) is 12.3. The number of rotatable bonds is 3. The van der Waals surface area contributed by atoms with E-state index in [0.29, 0.717) is 22.3 Å². The molecule has 26 heavy (non-hydrogen) atoms. The first kappa shape index (κ1) is 16.3. The standard InChI is InChI=1S/C18H15F2N5O/c1-9-2-3-22-7-11(9)14-4-10-5-15(23-8-12(10)16(21)24-14)25-17(26)13-6-18(13,19)20/h2-5,7-8,13H,6H2,1H3,(H2,21,24)(H,23,25,26). The van der Waals surface area contributed by atoms with Gasteiger partial charge >= 0.3 is 0 Å². The van der Waals surface area contributed by atoms with Crippen LogP contribution in [0.25, 0.3) is 22.0 Å². The molecule has 0 aromatic carbocycles. The number of alkyl halides is 2. The number of halogens is 2. The number of pyridine rings is 3. The maximum atomic E-state index is 13.0. The van der Waals surface area contributed by atoms with Crippen LogP contribution in [0.5, 0.6) is 0 Å². The summed E-state index contributed by atoms with van der Waals surface area (Å²) in [5, 5.41) is 3.75. The molecule has 132 valence electrons. The molecule has 8 heteroatoms. The van der Waals surface area contributed by atoms with Gasteiger partial charge in [-0.3, -0.25) is 9.78 Å². The van der Waals surface area contributed by atoms with Crippen molar-refractivity contribution in [3.05, 3.63) is 42.4 Å². The van der Waals surface area contributed by atoms with Crippen LogP contribution >= 0.6 is 0 Å². The normalized spacial score (nSPS) is 17.9. The molecule has 1 saturated carbocycles. The van der Waals surface area contributed by atoms with Crippen molar-refractivity contribution in [2.75, 3.05) is 11.1 Å². The van der Waals surface area contributed by atoms with Gasteiger partial charge in [0, 0.05) is 36.0 Å². The van der Waals surface area contributed by atoms with Gasteiger partial charge in [0.25, 0.3) is 5.92 Å². The molecule has 6 nitrogen and oxygen atoms in total. The van der Waals surface area contributed by atoms with Crippen LogP contribution in [0.2, 0.25) is 0 Å². The van der Waals surface area contributed by atoms with Crippen molar-refractivity contribution in [3.8, 4) is 11.3 Å². The average Bonchev–Trinajstić information content (AvgIpc) is 3.23. The number of hydrogen-bond acceptors (Lipinski definition) is 5. The van der Waals surface area contributed by atoms with Crippen molar-refractivity contribution < 1.29 is 13.6 Å². The fourth-order valence-corrected chi connectivity index (χ4v) is 2.82. The van der Waals surface area contributed by atoms with Crippen LogP contribution in [-0.2, 0) is 4.79 Å². The number of hydrogen-bond donors (Lipinski definition) is 2. The van der Waals surface area contributed by atoms with Crippen molar-refractivity contribution in [1.29, 1.82) is 0 Å². The number of nitrogens with one attached hydrogen (secondary N) is 1. The minimum Gasteiger partial charge on any atom is -0.383 e. The number of nitrogens with two attached hydrogens (primary N) is 1. The Balaban J connectivity index is 1.71. The summed E-state index contributed by atoms with van der Waals surface area (Å²) >= 11 is 0. The number of aromatic nitrogens is 3. The van der Waals surface area contributed by atoms with E-state index in [4.69, 9.17) is 5.73 Å². The number of aryl methyl sites for hydroxylation is 1. The topological polar surface area (TPSA) is 93.8 Å². The van der Waals surface area contributed by atoms with Crippen molar-refractivity contribution >= 4 is 28.3 Å². The highest BCUT2D eigenvalue weighted by molar-refractivity contribution is 5.98. The highest BCUT2D eigenvalue weighted by Crippen LogP contribution is 2.49. The lowest BCUT2D eigenvalue weighted by Crippen LogP contribution is -2.18. The Morgan fingerprint density at radius 2 is 2.12 bits per heavy atom. The Labute approximate surface area is 147 Å².